The highest BCUT2D eigenvalue weighted by Crippen LogP contribution is 2.21. The van der Waals surface area contributed by atoms with Crippen LogP contribution in [0.3, 0.4) is 0 Å². The van der Waals surface area contributed by atoms with Gasteiger partial charge in [0.2, 0.25) is 5.82 Å². The van der Waals surface area contributed by atoms with Crippen molar-refractivity contribution in [1.29, 1.82) is 0 Å². The van der Waals surface area contributed by atoms with E-state index in [9.17, 15) is 0 Å². The lowest BCUT2D eigenvalue weighted by Gasteiger charge is -1.97. The smallest absolute Gasteiger partial charge is 0.252 e. The molecule has 0 aliphatic carbocycles. The fraction of sp³-hybridized carbons (Fsp3) is 0.300. The van der Waals surface area contributed by atoms with Crippen LogP contribution < -0.4 is 5.73 Å². The second-order valence-corrected chi connectivity index (χ2v) is 4.06. The zero-order chi connectivity index (χ0) is 12.3. The van der Waals surface area contributed by atoms with Crippen molar-refractivity contribution in [1.82, 2.24) is 15.1 Å². The summed E-state index contributed by atoms with van der Waals surface area (Å²) >= 11 is 3.26. The van der Waals surface area contributed by atoms with Crippen LogP contribution in [0.4, 0.5) is 5.82 Å². The molecule has 0 atom stereocenters. The van der Waals surface area contributed by atoms with E-state index >= 15 is 0 Å². The Morgan fingerprint density at radius 1 is 1.41 bits per heavy atom. The molecule has 2 N–H and O–H groups in total. The molecule has 0 fully saturated rings. The second kappa shape index (κ2) is 5.24. The van der Waals surface area contributed by atoms with Gasteiger partial charge in [-0.15, -0.1) is 0 Å². The van der Waals surface area contributed by atoms with Gasteiger partial charge in [-0.1, -0.05) is 5.16 Å². The molecule has 7 heteroatoms. The van der Waals surface area contributed by atoms with E-state index in [2.05, 4.69) is 31.1 Å². The predicted molar refractivity (Wildman–Crippen MR) is 65.0 cm³/mol. The van der Waals surface area contributed by atoms with E-state index in [1.807, 2.05) is 6.92 Å². The lowest BCUT2D eigenvalue weighted by molar-refractivity contribution is 0.109. The first kappa shape index (κ1) is 12.0. The Labute approximate surface area is 106 Å². The third kappa shape index (κ3) is 3.01. The number of hydrogen-bond donors (Lipinski definition) is 1. The summed E-state index contributed by atoms with van der Waals surface area (Å²) in [6.07, 6.45) is 0. The normalized spacial score (nSPS) is 10.7. The standard InChI is InChI=1S/C10H11BrN4O2/c1-2-16-5-9-14-10(15-17-9)6-3-7(11)13-8(12)4-6/h3-4H,2,5H2,1H3,(H2,12,13). The Hall–Kier alpha value is -1.47. The van der Waals surface area contributed by atoms with Crippen molar-refractivity contribution in [3.05, 3.63) is 22.6 Å². The molecule has 0 aliphatic heterocycles. The number of pyridine rings is 1. The molecule has 0 spiro atoms. The summed E-state index contributed by atoms with van der Waals surface area (Å²) in [4.78, 5) is 8.19. The Balaban J connectivity index is 2.24. The van der Waals surface area contributed by atoms with Gasteiger partial charge in [0.15, 0.2) is 0 Å². The first-order chi connectivity index (χ1) is 8.19. The molecule has 0 unspecified atom stereocenters. The molecule has 90 valence electrons. The Morgan fingerprint density at radius 3 is 2.94 bits per heavy atom. The Kier molecular flexibility index (Phi) is 3.70. The fourth-order valence-electron chi connectivity index (χ4n) is 1.27. The summed E-state index contributed by atoms with van der Waals surface area (Å²) in [6, 6.07) is 3.45. The quantitative estimate of drug-likeness (QED) is 0.869. The van der Waals surface area contributed by atoms with Crippen LogP contribution in [0.25, 0.3) is 11.4 Å². The Bertz CT molecular complexity index is 495. The SMILES string of the molecule is CCOCc1nc(-c2cc(N)nc(Br)c2)no1. The molecule has 0 radical (unpaired) electrons. The van der Waals surface area contributed by atoms with Crippen LogP contribution in [-0.2, 0) is 11.3 Å². The number of halogens is 1. The van der Waals surface area contributed by atoms with Crippen molar-refractivity contribution >= 4 is 21.7 Å². The molecule has 17 heavy (non-hydrogen) atoms. The number of anilines is 1. The van der Waals surface area contributed by atoms with Gasteiger partial charge >= 0.3 is 0 Å². The molecule has 2 rings (SSSR count). The van der Waals surface area contributed by atoms with Crippen molar-refractivity contribution in [3.8, 4) is 11.4 Å². The van der Waals surface area contributed by atoms with Crippen molar-refractivity contribution in [3.63, 3.8) is 0 Å². The molecular weight excluding hydrogens is 288 g/mol. The van der Waals surface area contributed by atoms with E-state index in [4.69, 9.17) is 15.0 Å². The number of nitrogen functional groups attached to an aromatic ring is 1. The van der Waals surface area contributed by atoms with E-state index in [0.717, 1.165) is 5.56 Å². The van der Waals surface area contributed by atoms with E-state index in [1.54, 1.807) is 12.1 Å². The third-order valence-corrected chi connectivity index (χ3v) is 2.38. The van der Waals surface area contributed by atoms with Crippen LogP contribution in [0.2, 0.25) is 0 Å². The van der Waals surface area contributed by atoms with Gasteiger partial charge < -0.3 is 15.0 Å². The van der Waals surface area contributed by atoms with Crippen LogP contribution in [0.15, 0.2) is 21.3 Å². The summed E-state index contributed by atoms with van der Waals surface area (Å²) in [5, 5.41) is 3.85. The minimum absolute atomic E-state index is 0.311. The number of rotatable bonds is 4. The highest BCUT2D eigenvalue weighted by atomic mass is 79.9. The lowest BCUT2D eigenvalue weighted by atomic mass is 10.2. The van der Waals surface area contributed by atoms with Gasteiger partial charge in [-0.05, 0) is 35.0 Å². The summed E-state index contributed by atoms with van der Waals surface area (Å²) in [5.41, 5.74) is 6.38. The van der Waals surface area contributed by atoms with Crippen LogP contribution in [0.5, 0.6) is 0 Å². The summed E-state index contributed by atoms with van der Waals surface area (Å²) in [6.45, 7) is 2.81. The molecule has 0 aromatic carbocycles. The second-order valence-electron chi connectivity index (χ2n) is 3.25. The molecule has 0 amide bonds. The van der Waals surface area contributed by atoms with Crippen LogP contribution in [-0.4, -0.2) is 21.7 Å². The molecule has 0 saturated heterocycles. The summed E-state index contributed by atoms with van der Waals surface area (Å²) in [5.74, 6) is 1.30. The highest BCUT2D eigenvalue weighted by molar-refractivity contribution is 9.10. The van der Waals surface area contributed by atoms with Crippen LogP contribution >= 0.6 is 15.9 Å². The van der Waals surface area contributed by atoms with E-state index < -0.39 is 0 Å². The molecule has 2 heterocycles. The van der Waals surface area contributed by atoms with Crippen molar-refractivity contribution in [2.24, 2.45) is 0 Å². The minimum Gasteiger partial charge on any atom is -0.384 e. The van der Waals surface area contributed by atoms with Crippen molar-refractivity contribution in [2.45, 2.75) is 13.5 Å². The first-order valence-electron chi connectivity index (χ1n) is 5.03. The number of ether oxygens (including phenoxy) is 1. The van der Waals surface area contributed by atoms with Crippen molar-refractivity contribution in [2.75, 3.05) is 12.3 Å². The number of aromatic nitrogens is 3. The largest absolute Gasteiger partial charge is 0.384 e. The first-order valence-corrected chi connectivity index (χ1v) is 5.82. The van der Waals surface area contributed by atoms with Crippen LogP contribution in [0.1, 0.15) is 12.8 Å². The number of hydrogen-bond acceptors (Lipinski definition) is 6. The number of nitrogens with two attached hydrogens (primary N) is 1. The van der Waals surface area contributed by atoms with Gasteiger partial charge in [0.25, 0.3) is 5.89 Å². The molecular formula is C10H11BrN4O2. The van der Waals surface area contributed by atoms with Crippen molar-refractivity contribution < 1.29 is 9.26 Å². The summed E-state index contributed by atoms with van der Waals surface area (Å²) < 4.78 is 10.8. The van der Waals surface area contributed by atoms with Gasteiger partial charge in [-0.3, -0.25) is 0 Å². The third-order valence-electron chi connectivity index (χ3n) is 1.97. The van der Waals surface area contributed by atoms with E-state index in [0.29, 0.717) is 35.3 Å². The lowest BCUT2D eigenvalue weighted by Crippen LogP contribution is -1.93. The van der Waals surface area contributed by atoms with Gasteiger partial charge in [0.1, 0.15) is 17.0 Å². The van der Waals surface area contributed by atoms with Gasteiger partial charge in [0, 0.05) is 12.2 Å². The zero-order valence-corrected chi connectivity index (χ0v) is 10.8. The minimum atomic E-state index is 0.311. The van der Waals surface area contributed by atoms with E-state index in [-0.39, 0.29) is 0 Å². The summed E-state index contributed by atoms with van der Waals surface area (Å²) in [7, 11) is 0. The molecule has 6 nitrogen and oxygen atoms in total. The molecule has 2 aromatic rings. The van der Waals surface area contributed by atoms with E-state index in [1.165, 1.54) is 0 Å². The predicted octanol–water partition coefficient (Wildman–Crippen LogP) is 2.01. The van der Waals surface area contributed by atoms with Gasteiger partial charge in [-0.2, -0.15) is 4.98 Å². The van der Waals surface area contributed by atoms with Crippen LogP contribution in [0, 0.1) is 0 Å². The zero-order valence-electron chi connectivity index (χ0n) is 9.18. The molecule has 0 aliphatic rings. The molecule has 0 bridgehead atoms. The average molecular weight is 299 g/mol. The maximum absolute atomic E-state index is 5.63. The van der Waals surface area contributed by atoms with Gasteiger partial charge in [0.05, 0.1) is 0 Å². The monoisotopic (exact) mass is 298 g/mol. The maximum Gasteiger partial charge on any atom is 0.252 e. The highest BCUT2D eigenvalue weighted by Gasteiger charge is 2.10. The fourth-order valence-corrected chi connectivity index (χ4v) is 1.72. The topological polar surface area (TPSA) is 87.1 Å². The Morgan fingerprint density at radius 2 is 2.24 bits per heavy atom. The molecule has 0 saturated carbocycles. The molecule has 2 aromatic heterocycles. The van der Waals surface area contributed by atoms with Gasteiger partial charge in [-0.25, -0.2) is 4.98 Å². The number of nitrogens with zero attached hydrogens (tertiary/aromatic N) is 3. The maximum atomic E-state index is 5.63. The average Bonchev–Trinajstić information content (AvgIpc) is 2.73.